The van der Waals surface area contributed by atoms with Gasteiger partial charge >= 0.3 is 0 Å². The molecule has 17 heavy (non-hydrogen) atoms. The zero-order valence-corrected chi connectivity index (χ0v) is 11.2. The van der Waals surface area contributed by atoms with Crippen LogP contribution in [0.1, 0.15) is 19.5 Å². The Morgan fingerprint density at radius 3 is 2.76 bits per heavy atom. The SMILES string of the molecule is CCN1CCN(Cc2cnc(Cl)cn2)CC1C. The molecule has 1 fully saturated rings. The average molecular weight is 255 g/mol. The Morgan fingerprint density at radius 2 is 2.18 bits per heavy atom. The fraction of sp³-hybridized carbons (Fsp3) is 0.667. The Balaban J connectivity index is 1.90. The lowest BCUT2D eigenvalue weighted by atomic mass is 10.2. The summed E-state index contributed by atoms with van der Waals surface area (Å²) < 4.78 is 0. The molecule has 0 radical (unpaired) electrons. The first-order chi connectivity index (χ1) is 8.19. The van der Waals surface area contributed by atoms with Gasteiger partial charge in [-0.3, -0.25) is 14.8 Å². The van der Waals surface area contributed by atoms with Crippen LogP contribution in [0.25, 0.3) is 0 Å². The molecule has 0 bridgehead atoms. The zero-order chi connectivity index (χ0) is 12.3. The van der Waals surface area contributed by atoms with Crippen LogP contribution in [-0.2, 0) is 6.54 Å². The van der Waals surface area contributed by atoms with Crippen molar-refractivity contribution in [3.8, 4) is 0 Å². The minimum absolute atomic E-state index is 0.456. The molecule has 4 nitrogen and oxygen atoms in total. The van der Waals surface area contributed by atoms with Gasteiger partial charge in [-0.15, -0.1) is 0 Å². The molecule has 0 N–H and O–H groups in total. The van der Waals surface area contributed by atoms with E-state index < -0.39 is 0 Å². The van der Waals surface area contributed by atoms with Gasteiger partial charge in [0, 0.05) is 32.2 Å². The summed E-state index contributed by atoms with van der Waals surface area (Å²) in [6.07, 6.45) is 3.38. The van der Waals surface area contributed by atoms with Crippen LogP contribution < -0.4 is 0 Å². The summed E-state index contributed by atoms with van der Waals surface area (Å²) in [6.45, 7) is 9.83. The van der Waals surface area contributed by atoms with Gasteiger partial charge in [0.2, 0.25) is 0 Å². The number of aromatic nitrogens is 2. The maximum atomic E-state index is 5.72. The Kier molecular flexibility index (Phi) is 4.31. The number of piperazine rings is 1. The van der Waals surface area contributed by atoms with E-state index in [-0.39, 0.29) is 0 Å². The van der Waals surface area contributed by atoms with E-state index in [4.69, 9.17) is 11.6 Å². The van der Waals surface area contributed by atoms with Gasteiger partial charge in [0.25, 0.3) is 0 Å². The van der Waals surface area contributed by atoms with Crippen LogP contribution in [-0.4, -0.2) is 52.0 Å². The summed E-state index contributed by atoms with van der Waals surface area (Å²) in [7, 11) is 0. The third-order valence-corrected chi connectivity index (χ3v) is 3.51. The van der Waals surface area contributed by atoms with Gasteiger partial charge in [0.05, 0.1) is 18.1 Å². The highest BCUT2D eigenvalue weighted by Crippen LogP contribution is 2.11. The molecular formula is C12H19ClN4. The predicted molar refractivity (Wildman–Crippen MR) is 69.0 cm³/mol. The van der Waals surface area contributed by atoms with Crippen LogP contribution in [0.5, 0.6) is 0 Å². The maximum Gasteiger partial charge on any atom is 0.147 e. The molecule has 1 atom stereocenters. The lowest BCUT2D eigenvalue weighted by Crippen LogP contribution is -2.51. The molecule has 0 aromatic carbocycles. The number of halogens is 1. The topological polar surface area (TPSA) is 32.3 Å². The van der Waals surface area contributed by atoms with E-state index in [1.54, 1.807) is 12.4 Å². The van der Waals surface area contributed by atoms with E-state index in [1.165, 1.54) is 0 Å². The molecule has 1 aromatic heterocycles. The van der Waals surface area contributed by atoms with Crippen molar-refractivity contribution in [1.82, 2.24) is 19.8 Å². The fourth-order valence-electron chi connectivity index (χ4n) is 2.33. The summed E-state index contributed by atoms with van der Waals surface area (Å²) >= 11 is 5.72. The molecule has 5 heteroatoms. The van der Waals surface area contributed by atoms with Gasteiger partial charge in [0.15, 0.2) is 0 Å². The summed E-state index contributed by atoms with van der Waals surface area (Å²) in [5.74, 6) is 0. The van der Waals surface area contributed by atoms with Crippen molar-refractivity contribution in [3.63, 3.8) is 0 Å². The van der Waals surface area contributed by atoms with Crippen LogP contribution in [0, 0.1) is 0 Å². The highest BCUT2D eigenvalue weighted by atomic mass is 35.5. The molecule has 1 unspecified atom stereocenters. The first kappa shape index (κ1) is 12.7. The number of rotatable bonds is 3. The van der Waals surface area contributed by atoms with Crippen LogP contribution in [0.15, 0.2) is 12.4 Å². The Bertz CT molecular complexity index is 354. The third kappa shape index (κ3) is 3.37. The van der Waals surface area contributed by atoms with Crippen molar-refractivity contribution < 1.29 is 0 Å². The van der Waals surface area contributed by atoms with Crippen LogP contribution in [0.3, 0.4) is 0 Å². The smallest absolute Gasteiger partial charge is 0.147 e. The van der Waals surface area contributed by atoms with Gasteiger partial charge in [-0.25, -0.2) is 4.98 Å². The minimum Gasteiger partial charge on any atom is -0.298 e. The van der Waals surface area contributed by atoms with E-state index >= 15 is 0 Å². The van der Waals surface area contributed by atoms with Crippen molar-refractivity contribution in [2.24, 2.45) is 0 Å². The quantitative estimate of drug-likeness (QED) is 0.821. The summed E-state index contributed by atoms with van der Waals surface area (Å²) in [5, 5.41) is 0.456. The maximum absolute atomic E-state index is 5.72. The van der Waals surface area contributed by atoms with Crippen molar-refractivity contribution in [1.29, 1.82) is 0 Å². The second-order valence-electron chi connectivity index (χ2n) is 4.54. The van der Waals surface area contributed by atoms with Crippen molar-refractivity contribution >= 4 is 11.6 Å². The van der Waals surface area contributed by atoms with E-state index in [2.05, 4.69) is 33.6 Å². The number of likely N-dealkylation sites (N-methyl/N-ethyl adjacent to an activating group) is 1. The molecule has 1 aliphatic rings. The van der Waals surface area contributed by atoms with Gasteiger partial charge in [-0.2, -0.15) is 0 Å². The average Bonchev–Trinajstić information content (AvgIpc) is 2.32. The van der Waals surface area contributed by atoms with Crippen LogP contribution in [0.4, 0.5) is 0 Å². The molecule has 94 valence electrons. The molecule has 0 saturated carbocycles. The van der Waals surface area contributed by atoms with Gasteiger partial charge in [-0.05, 0) is 13.5 Å². The summed E-state index contributed by atoms with van der Waals surface area (Å²) in [6, 6.07) is 0.619. The molecule has 2 rings (SSSR count). The number of hydrogen-bond acceptors (Lipinski definition) is 4. The lowest BCUT2D eigenvalue weighted by molar-refractivity contribution is 0.0826. The van der Waals surface area contributed by atoms with Crippen molar-refractivity contribution in [2.75, 3.05) is 26.2 Å². The fourth-order valence-corrected chi connectivity index (χ4v) is 2.43. The zero-order valence-electron chi connectivity index (χ0n) is 10.4. The molecule has 0 spiro atoms. The highest BCUT2D eigenvalue weighted by Gasteiger charge is 2.22. The summed E-state index contributed by atoms with van der Waals surface area (Å²) in [4.78, 5) is 13.3. The van der Waals surface area contributed by atoms with E-state index in [1.807, 2.05) is 0 Å². The van der Waals surface area contributed by atoms with Crippen molar-refractivity contribution in [3.05, 3.63) is 23.2 Å². The second kappa shape index (κ2) is 5.76. The number of nitrogens with zero attached hydrogens (tertiary/aromatic N) is 4. The summed E-state index contributed by atoms with van der Waals surface area (Å²) in [5.41, 5.74) is 0.992. The van der Waals surface area contributed by atoms with Gasteiger partial charge < -0.3 is 0 Å². The third-order valence-electron chi connectivity index (χ3n) is 3.31. The molecule has 1 aliphatic heterocycles. The Morgan fingerprint density at radius 1 is 1.35 bits per heavy atom. The molecule has 2 heterocycles. The largest absolute Gasteiger partial charge is 0.298 e. The van der Waals surface area contributed by atoms with E-state index in [0.717, 1.165) is 38.4 Å². The van der Waals surface area contributed by atoms with E-state index in [9.17, 15) is 0 Å². The van der Waals surface area contributed by atoms with Crippen molar-refractivity contribution in [2.45, 2.75) is 26.4 Å². The molecule has 0 aliphatic carbocycles. The van der Waals surface area contributed by atoms with Gasteiger partial charge in [-0.1, -0.05) is 18.5 Å². The first-order valence-corrected chi connectivity index (χ1v) is 6.49. The Labute approximate surface area is 108 Å². The predicted octanol–water partition coefficient (Wildman–Crippen LogP) is 1.66. The molecule has 0 amide bonds. The van der Waals surface area contributed by atoms with Crippen LogP contribution in [0.2, 0.25) is 5.15 Å². The van der Waals surface area contributed by atoms with E-state index in [0.29, 0.717) is 11.2 Å². The normalized spacial score (nSPS) is 22.9. The minimum atomic E-state index is 0.456. The lowest BCUT2D eigenvalue weighted by Gasteiger charge is -2.39. The van der Waals surface area contributed by atoms with Crippen LogP contribution >= 0.6 is 11.6 Å². The standard InChI is InChI=1S/C12H19ClN4/c1-3-17-5-4-16(8-10(17)2)9-11-6-15-12(13)7-14-11/h6-7,10H,3-5,8-9H2,1-2H3. The molecule has 1 saturated heterocycles. The molecule has 1 aromatic rings. The first-order valence-electron chi connectivity index (χ1n) is 6.12. The Hall–Kier alpha value is -0.710. The monoisotopic (exact) mass is 254 g/mol. The highest BCUT2D eigenvalue weighted by molar-refractivity contribution is 6.29. The van der Waals surface area contributed by atoms with Gasteiger partial charge in [0.1, 0.15) is 5.15 Å². The number of hydrogen-bond donors (Lipinski definition) is 0. The molecular weight excluding hydrogens is 236 g/mol. The second-order valence-corrected chi connectivity index (χ2v) is 4.93.